The van der Waals surface area contributed by atoms with Crippen molar-refractivity contribution in [3.8, 4) is 11.8 Å². The fourth-order valence-corrected chi connectivity index (χ4v) is 2.32. The maximum atomic E-state index is 12.5. The highest BCUT2D eigenvalue weighted by atomic mass is 16.3. The zero-order valence-corrected chi connectivity index (χ0v) is 14.5. The van der Waals surface area contributed by atoms with Gasteiger partial charge in [0.1, 0.15) is 5.60 Å². The lowest BCUT2D eigenvalue weighted by Crippen LogP contribution is -2.29. The van der Waals surface area contributed by atoms with Gasteiger partial charge in [-0.2, -0.15) is 5.10 Å². The van der Waals surface area contributed by atoms with Gasteiger partial charge in [-0.25, -0.2) is 0 Å². The van der Waals surface area contributed by atoms with Crippen LogP contribution in [0.15, 0.2) is 36.5 Å². The first-order valence-corrected chi connectivity index (χ1v) is 7.94. The van der Waals surface area contributed by atoms with Crippen LogP contribution in [0.4, 0.5) is 0 Å². The van der Waals surface area contributed by atoms with Crippen LogP contribution in [0.25, 0.3) is 0 Å². The molecule has 1 atom stereocenters. The summed E-state index contributed by atoms with van der Waals surface area (Å²) >= 11 is 0. The van der Waals surface area contributed by atoms with E-state index in [0.29, 0.717) is 11.1 Å². The normalized spacial score (nSPS) is 12.2. The molecule has 1 unspecified atom stereocenters. The molecule has 1 heterocycles. The van der Waals surface area contributed by atoms with E-state index in [-0.39, 0.29) is 11.9 Å². The number of aryl methyl sites for hydroxylation is 1. The van der Waals surface area contributed by atoms with Gasteiger partial charge < -0.3 is 10.4 Å². The van der Waals surface area contributed by atoms with E-state index < -0.39 is 5.60 Å². The van der Waals surface area contributed by atoms with Crippen molar-refractivity contribution in [1.82, 2.24) is 15.1 Å². The molecule has 1 aromatic carbocycles. The van der Waals surface area contributed by atoms with Gasteiger partial charge in [0, 0.05) is 24.4 Å². The number of amides is 1. The van der Waals surface area contributed by atoms with Crippen molar-refractivity contribution in [2.45, 2.75) is 38.8 Å². The van der Waals surface area contributed by atoms with Crippen LogP contribution < -0.4 is 5.32 Å². The Kier molecular flexibility index (Phi) is 5.42. The average molecular weight is 325 g/mol. The molecule has 5 nitrogen and oxygen atoms in total. The Hall–Kier alpha value is -2.58. The molecule has 1 aromatic heterocycles. The smallest absolute Gasteiger partial charge is 0.251 e. The predicted molar refractivity (Wildman–Crippen MR) is 93.3 cm³/mol. The second-order valence-corrected chi connectivity index (χ2v) is 6.20. The molecular formula is C19H23N3O2. The third-order valence-electron chi connectivity index (χ3n) is 3.57. The predicted octanol–water partition coefficient (Wildman–Crippen LogP) is 2.42. The first kappa shape index (κ1) is 17.8. The average Bonchev–Trinajstić information content (AvgIpc) is 2.96. The minimum atomic E-state index is -1.06. The first-order chi connectivity index (χ1) is 11.3. The SMILES string of the molecule is CCC(NC(=O)c1cccc(C#CC(C)(C)O)c1)c1ccnn1C. The molecule has 2 N–H and O–H groups in total. The summed E-state index contributed by atoms with van der Waals surface area (Å²) in [6.07, 6.45) is 2.49. The van der Waals surface area contributed by atoms with E-state index in [2.05, 4.69) is 22.3 Å². The third-order valence-corrected chi connectivity index (χ3v) is 3.57. The van der Waals surface area contributed by atoms with Gasteiger partial charge in [-0.05, 0) is 44.5 Å². The maximum Gasteiger partial charge on any atom is 0.251 e. The Morgan fingerprint density at radius 3 is 2.75 bits per heavy atom. The fraction of sp³-hybridized carbons (Fsp3) is 0.368. The Balaban J connectivity index is 2.17. The lowest BCUT2D eigenvalue weighted by Gasteiger charge is -2.17. The number of carbonyl (C=O) groups is 1. The van der Waals surface area contributed by atoms with Gasteiger partial charge in [0.05, 0.1) is 11.7 Å². The van der Waals surface area contributed by atoms with Crippen molar-refractivity contribution >= 4 is 5.91 Å². The van der Waals surface area contributed by atoms with Crippen LogP contribution in [0, 0.1) is 11.8 Å². The highest BCUT2D eigenvalue weighted by Gasteiger charge is 2.17. The van der Waals surface area contributed by atoms with Gasteiger partial charge in [-0.3, -0.25) is 9.48 Å². The number of benzene rings is 1. The summed E-state index contributed by atoms with van der Waals surface area (Å²) in [5.74, 6) is 5.48. The molecular weight excluding hydrogens is 302 g/mol. The van der Waals surface area contributed by atoms with Crippen LogP contribution in [0.3, 0.4) is 0 Å². The van der Waals surface area contributed by atoms with E-state index in [4.69, 9.17) is 0 Å². The number of aromatic nitrogens is 2. The van der Waals surface area contributed by atoms with Gasteiger partial charge in [0.2, 0.25) is 0 Å². The second kappa shape index (κ2) is 7.33. The van der Waals surface area contributed by atoms with Crippen LogP contribution in [-0.2, 0) is 7.05 Å². The van der Waals surface area contributed by atoms with Gasteiger partial charge in [-0.1, -0.05) is 24.8 Å². The number of aliphatic hydroxyl groups is 1. The van der Waals surface area contributed by atoms with Gasteiger partial charge in [-0.15, -0.1) is 0 Å². The second-order valence-electron chi connectivity index (χ2n) is 6.20. The van der Waals surface area contributed by atoms with Crippen molar-refractivity contribution in [2.24, 2.45) is 7.05 Å². The van der Waals surface area contributed by atoms with Crippen LogP contribution in [0.5, 0.6) is 0 Å². The van der Waals surface area contributed by atoms with Gasteiger partial charge >= 0.3 is 0 Å². The summed E-state index contributed by atoms with van der Waals surface area (Å²) in [5, 5.41) is 16.9. The molecule has 1 amide bonds. The van der Waals surface area contributed by atoms with Crippen molar-refractivity contribution < 1.29 is 9.90 Å². The zero-order valence-electron chi connectivity index (χ0n) is 14.5. The van der Waals surface area contributed by atoms with Crippen molar-refractivity contribution in [3.63, 3.8) is 0 Å². The number of hydrogen-bond donors (Lipinski definition) is 2. The van der Waals surface area contributed by atoms with Crippen molar-refractivity contribution in [1.29, 1.82) is 0 Å². The van der Waals surface area contributed by atoms with E-state index >= 15 is 0 Å². The van der Waals surface area contributed by atoms with Crippen molar-refractivity contribution in [3.05, 3.63) is 53.3 Å². The summed E-state index contributed by atoms with van der Waals surface area (Å²) in [5.41, 5.74) is 1.13. The van der Waals surface area contributed by atoms with E-state index in [1.165, 1.54) is 0 Å². The van der Waals surface area contributed by atoms with Gasteiger partial charge in [0.15, 0.2) is 0 Å². The Bertz CT molecular complexity index is 776. The quantitative estimate of drug-likeness (QED) is 0.849. The molecule has 0 bridgehead atoms. The highest BCUT2D eigenvalue weighted by Crippen LogP contribution is 2.16. The van der Waals surface area contributed by atoms with E-state index in [1.54, 1.807) is 42.9 Å². The molecule has 0 fully saturated rings. The number of nitrogens with one attached hydrogen (secondary N) is 1. The van der Waals surface area contributed by atoms with Crippen LogP contribution in [0.2, 0.25) is 0 Å². The fourth-order valence-electron chi connectivity index (χ4n) is 2.32. The van der Waals surface area contributed by atoms with E-state index in [0.717, 1.165) is 12.1 Å². The molecule has 0 aliphatic rings. The molecule has 0 saturated heterocycles. The standard InChI is InChI=1S/C19H23N3O2/c1-5-16(17-10-12-20-22(17)4)21-18(23)15-8-6-7-14(13-15)9-11-19(2,3)24/h6-8,10,12-13,16,24H,5H2,1-4H3,(H,21,23). The summed E-state index contributed by atoms with van der Waals surface area (Å²) in [6, 6.07) is 8.88. The van der Waals surface area contributed by atoms with Crippen LogP contribution in [-0.4, -0.2) is 26.4 Å². The Labute approximate surface area is 142 Å². The molecule has 5 heteroatoms. The zero-order chi connectivity index (χ0) is 17.7. The van der Waals surface area contributed by atoms with Gasteiger partial charge in [0.25, 0.3) is 5.91 Å². The largest absolute Gasteiger partial charge is 0.378 e. The molecule has 2 aromatic rings. The molecule has 0 radical (unpaired) electrons. The molecule has 0 aliphatic carbocycles. The monoisotopic (exact) mass is 325 g/mol. The highest BCUT2D eigenvalue weighted by molar-refractivity contribution is 5.94. The summed E-state index contributed by atoms with van der Waals surface area (Å²) in [7, 11) is 1.86. The lowest BCUT2D eigenvalue weighted by molar-refractivity contribution is 0.0934. The molecule has 0 spiro atoms. The minimum absolute atomic E-state index is 0.101. The Morgan fingerprint density at radius 2 is 2.17 bits per heavy atom. The summed E-state index contributed by atoms with van der Waals surface area (Å²) < 4.78 is 1.76. The molecule has 0 aliphatic heterocycles. The van der Waals surface area contributed by atoms with E-state index in [9.17, 15) is 9.90 Å². The molecule has 24 heavy (non-hydrogen) atoms. The summed E-state index contributed by atoms with van der Waals surface area (Å²) in [4.78, 5) is 12.5. The first-order valence-electron chi connectivity index (χ1n) is 7.94. The topological polar surface area (TPSA) is 67.2 Å². The number of carbonyl (C=O) groups excluding carboxylic acids is 1. The molecule has 2 rings (SSSR count). The lowest BCUT2D eigenvalue weighted by atomic mass is 10.1. The number of rotatable bonds is 4. The number of hydrogen-bond acceptors (Lipinski definition) is 3. The van der Waals surface area contributed by atoms with Crippen LogP contribution in [0.1, 0.15) is 54.8 Å². The van der Waals surface area contributed by atoms with Crippen molar-refractivity contribution in [2.75, 3.05) is 0 Å². The number of nitrogens with zero attached hydrogens (tertiary/aromatic N) is 2. The minimum Gasteiger partial charge on any atom is -0.378 e. The maximum absolute atomic E-state index is 12.5. The van der Waals surface area contributed by atoms with E-state index in [1.807, 2.05) is 26.1 Å². The molecule has 126 valence electrons. The molecule has 0 saturated carbocycles. The van der Waals surface area contributed by atoms with Crippen LogP contribution >= 0.6 is 0 Å². The third kappa shape index (κ3) is 4.71. The summed E-state index contributed by atoms with van der Waals surface area (Å²) in [6.45, 7) is 5.26. The Morgan fingerprint density at radius 1 is 1.42 bits per heavy atom.